The lowest BCUT2D eigenvalue weighted by Crippen LogP contribution is -1.97. The van der Waals surface area contributed by atoms with Crippen molar-refractivity contribution in [1.82, 2.24) is 9.78 Å². The van der Waals surface area contributed by atoms with Crippen molar-refractivity contribution in [3.8, 4) is 11.6 Å². The molecule has 0 unspecified atom stereocenters. The third-order valence-electron chi connectivity index (χ3n) is 2.68. The SMILES string of the molecule is Cc1ccc(Oc2c(CO)c(C)nn2C)cc1. The monoisotopic (exact) mass is 232 g/mol. The van der Waals surface area contributed by atoms with Gasteiger partial charge in [0.15, 0.2) is 0 Å². The maximum atomic E-state index is 9.30. The van der Waals surface area contributed by atoms with E-state index in [9.17, 15) is 5.11 Å². The molecule has 0 amide bonds. The molecule has 1 aromatic carbocycles. The number of aliphatic hydroxyl groups is 1. The number of ether oxygens (including phenoxy) is 1. The van der Waals surface area contributed by atoms with Crippen molar-refractivity contribution in [2.45, 2.75) is 20.5 Å². The molecule has 1 heterocycles. The molecule has 2 rings (SSSR count). The van der Waals surface area contributed by atoms with Crippen LogP contribution in [0.1, 0.15) is 16.8 Å². The Kier molecular flexibility index (Phi) is 3.15. The molecule has 4 nitrogen and oxygen atoms in total. The zero-order valence-electron chi connectivity index (χ0n) is 10.3. The molecule has 0 aliphatic rings. The predicted octanol–water partition coefficient (Wildman–Crippen LogP) is 2.32. The van der Waals surface area contributed by atoms with Gasteiger partial charge >= 0.3 is 0 Å². The second-order valence-electron chi connectivity index (χ2n) is 4.07. The maximum Gasteiger partial charge on any atom is 0.223 e. The summed E-state index contributed by atoms with van der Waals surface area (Å²) < 4.78 is 7.39. The van der Waals surface area contributed by atoms with Gasteiger partial charge in [0.1, 0.15) is 5.75 Å². The van der Waals surface area contributed by atoms with E-state index in [1.165, 1.54) is 5.56 Å². The van der Waals surface area contributed by atoms with Crippen LogP contribution in [0.25, 0.3) is 0 Å². The lowest BCUT2D eigenvalue weighted by atomic mass is 10.2. The largest absolute Gasteiger partial charge is 0.439 e. The molecule has 0 radical (unpaired) electrons. The Hall–Kier alpha value is -1.81. The van der Waals surface area contributed by atoms with Crippen LogP contribution in [-0.4, -0.2) is 14.9 Å². The van der Waals surface area contributed by atoms with Gasteiger partial charge in [-0.3, -0.25) is 0 Å². The van der Waals surface area contributed by atoms with Crippen molar-refractivity contribution in [2.75, 3.05) is 0 Å². The average molecular weight is 232 g/mol. The Bertz CT molecular complexity index is 515. The summed E-state index contributed by atoms with van der Waals surface area (Å²) in [6.45, 7) is 3.81. The lowest BCUT2D eigenvalue weighted by Gasteiger charge is -2.07. The molecule has 17 heavy (non-hydrogen) atoms. The Morgan fingerprint density at radius 3 is 2.47 bits per heavy atom. The van der Waals surface area contributed by atoms with Crippen LogP contribution in [0.4, 0.5) is 0 Å². The number of benzene rings is 1. The van der Waals surface area contributed by atoms with E-state index in [0.29, 0.717) is 5.88 Å². The third-order valence-corrected chi connectivity index (χ3v) is 2.68. The zero-order valence-corrected chi connectivity index (χ0v) is 10.3. The van der Waals surface area contributed by atoms with Crippen molar-refractivity contribution >= 4 is 0 Å². The van der Waals surface area contributed by atoms with E-state index < -0.39 is 0 Å². The molecular formula is C13H16N2O2. The lowest BCUT2D eigenvalue weighted by molar-refractivity contribution is 0.274. The number of aromatic nitrogens is 2. The van der Waals surface area contributed by atoms with E-state index in [1.807, 2.05) is 38.1 Å². The highest BCUT2D eigenvalue weighted by Crippen LogP contribution is 2.27. The third kappa shape index (κ3) is 2.31. The summed E-state index contributed by atoms with van der Waals surface area (Å²) in [5, 5.41) is 13.5. The molecule has 90 valence electrons. The molecule has 2 aromatic rings. The molecule has 0 saturated carbocycles. The first-order chi connectivity index (χ1) is 8.11. The molecule has 0 atom stereocenters. The number of hydrogen-bond donors (Lipinski definition) is 1. The first kappa shape index (κ1) is 11.7. The van der Waals surface area contributed by atoms with Gasteiger partial charge in [-0.2, -0.15) is 5.10 Å². The first-order valence-electron chi connectivity index (χ1n) is 5.49. The van der Waals surface area contributed by atoms with Crippen LogP contribution in [0.3, 0.4) is 0 Å². The molecule has 0 aliphatic heterocycles. The zero-order chi connectivity index (χ0) is 12.4. The summed E-state index contributed by atoms with van der Waals surface area (Å²) >= 11 is 0. The summed E-state index contributed by atoms with van der Waals surface area (Å²) in [6, 6.07) is 7.77. The van der Waals surface area contributed by atoms with E-state index in [2.05, 4.69) is 5.10 Å². The summed E-state index contributed by atoms with van der Waals surface area (Å²) in [5.74, 6) is 1.34. The molecule has 0 aliphatic carbocycles. The van der Waals surface area contributed by atoms with Crippen LogP contribution < -0.4 is 4.74 Å². The number of rotatable bonds is 3. The van der Waals surface area contributed by atoms with Gasteiger partial charge in [0.05, 0.1) is 17.9 Å². The van der Waals surface area contributed by atoms with Crippen molar-refractivity contribution in [3.63, 3.8) is 0 Å². The van der Waals surface area contributed by atoms with Gasteiger partial charge in [-0.25, -0.2) is 4.68 Å². The van der Waals surface area contributed by atoms with Gasteiger partial charge < -0.3 is 9.84 Å². The van der Waals surface area contributed by atoms with Crippen LogP contribution in [0.5, 0.6) is 11.6 Å². The minimum Gasteiger partial charge on any atom is -0.439 e. The van der Waals surface area contributed by atoms with Crippen LogP contribution in [-0.2, 0) is 13.7 Å². The minimum absolute atomic E-state index is 0.0686. The van der Waals surface area contributed by atoms with Crippen LogP contribution in [0.15, 0.2) is 24.3 Å². The van der Waals surface area contributed by atoms with Gasteiger partial charge in [0, 0.05) is 7.05 Å². The molecule has 1 aromatic heterocycles. The maximum absolute atomic E-state index is 9.30. The fourth-order valence-electron chi connectivity index (χ4n) is 1.71. The van der Waals surface area contributed by atoms with Crippen molar-refractivity contribution < 1.29 is 9.84 Å². The summed E-state index contributed by atoms with van der Waals surface area (Å²) in [7, 11) is 1.80. The topological polar surface area (TPSA) is 47.3 Å². The Labute approximate surface area is 100 Å². The fraction of sp³-hybridized carbons (Fsp3) is 0.308. The average Bonchev–Trinajstić information content (AvgIpc) is 2.57. The molecule has 0 spiro atoms. The summed E-state index contributed by atoms with van der Waals surface area (Å²) in [6.07, 6.45) is 0. The van der Waals surface area contributed by atoms with Crippen LogP contribution in [0, 0.1) is 13.8 Å². The second kappa shape index (κ2) is 4.59. The van der Waals surface area contributed by atoms with E-state index in [-0.39, 0.29) is 6.61 Å². The van der Waals surface area contributed by atoms with Crippen LogP contribution >= 0.6 is 0 Å². The second-order valence-corrected chi connectivity index (χ2v) is 4.07. The van der Waals surface area contributed by atoms with E-state index in [0.717, 1.165) is 17.0 Å². The van der Waals surface area contributed by atoms with Crippen molar-refractivity contribution in [1.29, 1.82) is 0 Å². The summed E-state index contributed by atoms with van der Waals surface area (Å²) in [4.78, 5) is 0. The molecule has 0 saturated heterocycles. The Balaban J connectivity index is 2.32. The van der Waals surface area contributed by atoms with Crippen LogP contribution in [0.2, 0.25) is 0 Å². The molecule has 0 bridgehead atoms. The Morgan fingerprint density at radius 1 is 1.24 bits per heavy atom. The first-order valence-corrected chi connectivity index (χ1v) is 5.49. The van der Waals surface area contributed by atoms with Crippen molar-refractivity contribution in [3.05, 3.63) is 41.1 Å². The molecule has 1 N–H and O–H groups in total. The number of nitrogens with zero attached hydrogens (tertiary/aromatic N) is 2. The van der Waals surface area contributed by atoms with Crippen molar-refractivity contribution in [2.24, 2.45) is 7.05 Å². The van der Waals surface area contributed by atoms with Gasteiger partial charge in [0.25, 0.3) is 0 Å². The van der Waals surface area contributed by atoms with Gasteiger partial charge in [0.2, 0.25) is 5.88 Å². The molecule has 0 fully saturated rings. The normalized spacial score (nSPS) is 10.6. The number of hydrogen-bond acceptors (Lipinski definition) is 3. The fourth-order valence-corrected chi connectivity index (χ4v) is 1.71. The number of aryl methyl sites for hydroxylation is 3. The van der Waals surface area contributed by atoms with Gasteiger partial charge in [-0.15, -0.1) is 0 Å². The highest BCUT2D eigenvalue weighted by atomic mass is 16.5. The quantitative estimate of drug-likeness (QED) is 0.883. The van der Waals surface area contributed by atoms with E-state index >= 15 is 0 Å². The Morgan fingerprint density at radius 2 is 1.88 bits per heavy atom. The molecular weight excluding hydrogens is 216 g/mol. The van der Waals surface area contributed by atoms with E-state index in [4.69, 9.17) is 4.74 Å². The minimum atomic E-state index is -0.0686. The smallest absolute Gasteiger partial charge is 0.223 e. The molecule has 4 heteroatoms. The van der Waals surface area contributed by atoms with Gasteiger partial charge in [-0.1, -0.05) is 17.7 Å². The summed E-state index contributed by atoms with van der Waals surface area (Å²) in [5.41, 5.74) is 2.70. The standard InChI is InChI=1S/C13H16N2O2/c1-9-4-6-11(7-5-9)17-13-12(8-16)10(2)14-15(13)3/h4-7,16H,8H2,1-3H3. The van der Waals surface area contributed by atoms with E-state index in [1.54, 1.807) is 11.7 Å². The predicted molar refractivity (Wildman–Crippen MR) is 65.1 cm³/mol. The van der Waals surface area contributed by atoms with Gasteiger partial charge in [-0.05, 0) is 26.0 Å². The highest BCUT2D eigenvalue weighted by Gasteiger charge is 2.14. The highest BCUT2D eigenvalue weighted by molar-refractivity contribution is 5.36. The number of aliphatic hydroxyl groups excluding tert-OH is 1.